The Kier molecular flexibility index (Phi) is 4.48. The zero-order chi connectivity index (χ0) is 11.3. The number of benzene rings is 1. The number of hydrogen-bond donors (Lipinski definition) is 1. The Morgan fingerprint density at radius 2 is 2.13 bits per heavy atom. The normalized spacial score (nSPS) is 11.7. The molecule has 0 saturated carbocycles. The largest absolute Gasteiger partial charge is 0.399 e. The van der Waals surface area contributed by atoms with Gasteiger partial charge in [-0.3, -0.25) is 0 Å². The number of nitrogens with two attached hydrogens (primary N) is 1. The standard InChI is InChI=1S/C12H19NOS/c1-12(2,14-3)7-8-15-11-6-4-5-10(13)9-11/h4-6,9H,7-8,13H2,1-3H3. The molecule has 1 rings (SSSR count). The van der Waals surface area contributed by atoms with Gasteiger partial charge in [-0.2, -0.15) is 0 Å². The topological polar surface area (TPSA) is 35.2 Å². The molecule has 1 aromatic rings. The summed E-state index contributed by atoms with van der Waals surface area (Å²) in [6.07, 6.45) is 1.03. The minimum absolute atomic E-state index is 0.0344. The predicted molar refractivity (Wildman–Crippen MR) is 67.3 cm³/mol. The maximum atomic E-state index is 5.70. The molecule has 0 aliphatic carbocycles. The third-order valence-corrected chi connectivity index (χ3v) is 3.38. The minimum Gasteiger partial charge on any atom is -0.399 e. The first-order valence-electron chi connectivity index (χ1n) is 5.07. The van der Waals surface area contributed by atoms with Crippen molar-refractivity contribution in [2.45, 2.75) is 30.8 Å². The van der Waals surface area contributed by atoms with Crippen LogP contribution in [0.5, 0.6) is 0 Å². The van der Waals surface area contributed by atoms with Gasteiger partial charge in [-0.1, -0.05) is 6.07 Å². The predicted octanol–water partition coefficient (Wildman–Crippen LogP) is 3.18. The maximum Gasteiger partial charge on any atom is 0.0630 e. The summed E-state index contributed by atoms with van der Waals surface area (Å²) in [4.78, 5) is 1.22. The van der Waals surface area contributed by atoms with E-state index in [2.05, 4.69) is 19.9 Å². The third-order valence-electron chi connectivity index (χ3n) is 2.38. The number of ether oxygens (including phenoxy) is 1. The van der Waals surface area contributed by atoms with Crippen LogP contribution in [0.3, 0.4) is 0 Å². The lowest BCUT2D eigenvalue weighted by molar-refractivity contribution is 0.0207. The van der Waals surface area contributed by atoms with Gasteiger partial charge in [-0.15, -0.1) is 11.8 Å². The van der Waals surface area contributed by atoms with Crippen LogP contribution in [-0.4, -0.2) is 18.5 Å². The van der Waals surface area contributed by atoms with Crippen LogP contribution in [-0.2, 0) is 4.74 Å². The van der Waals surface area contributed by atoms with Gasteiger partial charge >= 0.3 is 0 Å². The molecule has 15 heavy (non-hydrogen) atoms. The Morgan fingerprint density at radius 3 is 2.73 bits per heavy atom. The van der Waals surface area contributed by atoms with Crippen LogP contribution in [0.4, 0.5) is 5.69 Å². The molecule has 0 radical (unpaired) electrons. The summed E-state index contributed by atoms with van der Waals surface area (Å²) < 4.78 is 5.36. The summed E-state index contributed by atoms with van der Waals surface area (Å²) in [5.41, 5.74) is 6.49. The second kappa shape index (κ2) is 5.42. The molecule has 0 atom stereocenters. The number of nitrogen functional groups attached to an aromatic ring is 1. The van der Waals surface area contributed by atoms with Crippen molar-refractivity contribution in [1.82, 2.24) is 0 Å². The van der Waals surface area contributed by atoms with Gasteiger partial charge in [-0.05, 0) is 38.5 Å². The highest BCUT2D eigenvalue weighted by molar-refractivity contribution is 7.99. The van der Waals surface area contributed by atoms with Gasteiger partial charge in [0.1, 0.15) is 0 Å². The van der Waals surface area contributed by atoms with Gasteiger partial charge in [-0.25, -0.2) is 0 Å². The molecule has 2 N–H and O–H groups in total. The molecule has 0 fully saturated rings. The van der Waals surface area contributed by atoms with Crippen molar-refractivity contribution >= 4 is 17.4 Å². The highest BCUT2D eigenvalue weighted by atomic mass is 32.2. The Balaban J connectivity index is 2.38. The van der Waals surface area contributed by atoms with E-state index in [1.165, 1.54) is 4.90 Å². The monoisotopic (exact) mass is 225 g/mol. The molecule has 0 aliphatic rings. The van der Waals surface area contributed by atoms with Crippen LogP contribution in [0.1, 0.15) is 20.3 Å². The van der Waals surface area contributed by atoms with E-state index < -0.39 is 0 Å². The molecule has 0 spiro atoms. The number of rotatable bonds is 5. The highest BCUT2D eigenvalue weighted by Gasteiger charge is 2.15. The van der Waals surface area contributed by atoms with E-state index in [-0.39, 0.29) is 5.60 Å². The molecular weight excluding hydrogens is 206 g/mol. The number of methoxy groups -OCH3 is 1. The molecule has 0 amide bonds. The van der Waals surface area contributed by atoms with Gasteiger partial charge < -0.3 is 10.5 Å². The summed E-state index contributed by atoms with van der Waals surface area (Å²) in [6.45, 7) is 4.21. The maximum absolute atomic E-state index is 5.70. The van der Waals surface area contributed by atoms with Crippen molar-refractivity contribution in [1.29, 1.82) is 0 Å². The molecule has 84 valence electrons. The van der Waals surface area contributed by atoms with Crippen molar-refractivity contribution in [2.24, 2.45) is 0 Å². The first-order chi connectivity index (χ1) is 7.03. The molecule has 2 nitrogen and oxygen atoms in total. The van der Waals surface area contributed by atoms with Gasteiger partial charge in [0.15, 0.2) is 0 Å². The molecule has 0 bridgehead atoms. The molecule has 3 heteroatoms. The average molecular weight is 225 g/mol. The Bertz CT molecular complexity index is 312. The van der Waals surface area contributed by atoms with Crippen LogP contribution < -0.4 is 5.73 Å². The van der Waals surface area contributed by atoms with E-state index in [4.69, 9.17) is 10.5 Å². The number of hydrogen-bond acceptors (Lipinski definition) is 3. The van der Waals surface area contributed by atoms with Gasteiger partial charge in [0, 0.05) is 23.4 Å². The lowest BCUT2D eigenvalue weighted by atomic mass is 10.1. The third kappa shape index (κ3) is 4.58. The summed E-state index contributed by atoms with van der Waals surface area (Å²) >= 11 is 1.82. The van der Waals surface area contributed by atoms with Crippen molar-refractivity contribution in [2.75, 3.05) is 18.6 Å². The average Bonchev–Trinajstić information content (AvgIpc) is 2.18. The Morgan fingerprint density at radius 1 is 1.40 bits per heavy atom. The minimum atomic E-state index is -0.0344. The fourth-order valence-electron chi connectivity index (χ4n) is 1.12. The summed E-state index contributed by atoms with van der Waals surface area (Å²) in [6, 6.07) is 7.98. The number of anilines is 1. The molecular formula is C12H19NOS. The van der Waals surface area contributed by atoms with Crippen LogP contribution in [0.25, 0.3) is 0 Å². The SMILES string of the molecule is COC(C)(C)CCSc1cccc(N)c1. The van der Waals surface area contributed by atoms with E-state index in [9.17, 15) is 0 Å². The molecule has 0 heterocycles. The smallest absolute Gasteiger partial charge is 0.0630 e. The van der Waals surface area contributed by atoms with E-state index in [1.807, 2.05) is 30.0 Å². The quantitative estimate of drug-likeness (QED) is 0.617. The first-order valence-corrected chi connectivity index (χ1v) is 6.05. The van der Waals surface area contributed by atoms with Gasteiger partial charge in [0.2, 0.25) is 0 Å². The molecule has 0 aliphatic heterocycles. The summed E-state index contributed by atoms with van der Waals surface area (Å²) in [7, 11) is 1.76. The van der Waals surface area contributed by atoms with Gasteiger partial charge in [0.05, 0.1) is 5.60 Å². The van der Waals surface area contributed by atoms with E-state index in [0.29, 0.717) is 0 Å². The second-order valence-corrected chi connectivity index (χ2v) is 5.30. The van der Waals surface area contributed by atoms with Gasteiger partial charge in [0.25, 0.3) is 0 Å². The van der Waals surface area contributed by atoms with Crippen LogP contribution >= 0.6 is 11.8 Å². The van der Waals surface area contributed by atoms with E-state index in [0.717, 1.165) is 17.9 Å². The van der Waals surface area contributed by atoms with E-state index >= 15 is 0 Å². The molecule has 0 saturated heterocycles. The summed E-state index contributed by atoms with van der Waals surface area (Å²) in [5, 5.41) is 0. The fourth-order valence-corrected chi connectivity index (χ4v) is 2.34. The van der Waals surface area contributed by atoms with Crippen LogP contribution in [0.15, 0.2) is 29.2 Å². The van der Waals surface area contributed by atoms with E-state index in [1.54, 1.807) is 7.11 Å². The zero-order valence-electron chi connectivity index (χ0n) is 9.62. The Labute approximate surface area is 96.2 Å². The van der Waals surface area contributed by atoms with Crippen molar-refractivity contribution in [3.63, 3.8) is 0 Å². The van der Waals surface area contributed by atoms with Crippen LogP contribution in [0.2, 0.25) is 0 Å². The molecule has 0 aromatic heterocycles. The zero-order valence-corrected chi connectivity index (χ0v) is 10.4. The molecule has 1 aromatic carbocycles. The Hall–Kier alpha value is -0.670. The van der Waals surface area contributed by atoms with Crippen molar-refractivity contribution in [3.8, 4) is 0 Å². The van der Waals surface area contributed by atoms with Crippen molar-refractivity contribution < 1.29 is 4.74 Å². The second-order valence-electron chi connectivity index (χ2n) is 4.13. The first kappa shape index (κ1) is 12.4. The fraction of sp³-hybridized carbons (Fsp3) is 0.500. The van der Waals surface area contributed by atoms with Crippen LogP contribution in [0, 0.1) is 0 Å². The summed E-state index contributed by atoms with van der Waals surface area (Å²) in [5.74, 6) is 1.05. The van der Waals surface area contributed by atoms with Crippen molar-refractivity contribution in [3.05, 3.63) is 24.3 Å². The number of thioether (sulfide) groups is 1. The highest BCUT2D eigenvalue weighted by Crippen LogP contribution is 2.24. The lowest BCUT2D eigenvalue weighted by Crippen LogP contribution is -2.22. The molecule has 0 unspecified atom stereocenters. The lowest BCUT2D eigenvalue weighted by Gasteiger charge is -2.22.